The molecule has 2 aromatic rings. The topological polar surface area (TPSA) is 31.8 Å². The molecule has 2 unspecified atom stereocenters. The summed E-state index contributed by atoms with van der Waals surface area (Å²) in [6.07, 6.45) is 38.5. The van der Waals surface area contributed by atoms with Crippen LogP contribution in [0.5, 0.6) is 0 Å². The molecule has 0 aliphatic heterocycles. The molecular weight excluding hydrogens is 648 g/mol. The van der Waals surface area contributed by atoms with E-state index in [0.717, 1.165) is 0 Å². The summed E-state index contributed by atoms with van der Waals surface area (Å²) in [6.45, 7) is 0. The van der Waals surface area contributed by atoms with E-state index in [0.29, 0.717) is 22.0 Å². The van der Waals surface area contributed by atoms with Gasteiger partial charge >= 0.3 is 0 Å². The number of nitrogens with one attached hydrogen (secondary N) is 2. The van der Waals surface area contributed by atoms with Gasteiger partial charge in [0.15, 0.2) is 24.8 Å². The average molecular weight is 707 g/mol. The number of nitrogens with zero attached hydrogens (tertiary/aromatic N) is 2. The number of anilines is 2. The van der Waals surface area contributed by atoms with Crippen LogP contribution in [-0.2, 0) is 0 Å². The summed E-state index contributed by atoms with van der Waals surface area (Å²) in [5.74, 6) is 0. The Bertz CT molecular complexity index is 872. The van der Waals surface area contributed by atoms with E-state index < -0.39 is 0 Å². The molecule has 2 N–H and O–H groups in total. The summed E-state index contributed by atoms with van der Waals surface area (Å²) in [4.78, 5) is 0.793. The highest BCUT2D eigenvalue weighted by molar-refractivity contribution is 9.09. The van der Waals surface area contributed by atoms with Crippen LogP contribution in [0.2, 0.25) is 0 Å². The zero-order chi connectivity index (χ0) is 29.2. The molecule has 0 spiro atoms. The first-order valence-corrected chi connectivity index (χ1v) is 19.3. The summed E-state index contributed by atoms with van der Waals surface area (Å²) in [6, 6.07) is 10.3. The molecule has 0 saturated heterocycles. The maximum absolute atomic E-state index is 3.92. The number of hydrogen-bond acceptors (Lipinski definition) is 2. The molecule has 2 saturated carbocycles. The lowest BCUT2D eigenvalue weighted by molar-refractivity contribution is -0.698. The molecule has 0 radical (unpaired) electrons. The van der Waals surface area contributed by atoms with Crippen LogP contribution in [0, 0.1) is 0 Å². The first-order chi connectivity index (χ1) is 20.7. The number of alkyl halides is 2. The van der Waals surface area contributed by atoms with Crippen LogP contribution in [-0.4, -0.2) is 12.1 Å². The zero-order valence-corrected chi connectivity index (χ0v) is 29.3. The minimum absolute atomic E-state index is 0.397. The fourth-order valence-electron chi connectivity index (χ4n) is 6.75. The van der Waals surface area contributed by atoms with Gasteiger partial charge in [0.25, 0.3) is 0 Å². The van der Waals surface area contributed by atoms with Crippen LogP contribution in [0.15, 0.2) is 49.1 Å². The van der Waals surface area contributed by atoms with Crippen molar-refractivity contribution in [3.8, 4) is 0 Å². The second kappa shape index (κ2) is 20.0. The Morgan fingerprint density at radius 1 is 0.500 bits per heavy atom. The molecular formula is C36H58Br2N4+2. The molecule has 2 fully saturated rings. The summed E-state index contributed by atoms with van der Waals surface area (Å²) < 4.78 is 4.63. The maximum atomic E-state index is 3.92. The molecule has 4 rings (SSSR count). The molecule has 0 aromatic carbocycles. The van der Waals surface area contributed by atoms with Crippen LogP contribution in [0.3, 0.4) is 0 Å². The van der Waals surface area contributed by atoms with Gasteiger partial charge in [-0.05, 0) is 70.4 Å². The molecule has 0 amide bonds. The van der Waals surface area contributed by atoms with Crippen LogP contribution < -0.4 is 19.8 Å². The summed E-state index contributed by atoms with van der Waals surface area (Å²) >= 11 is 7.84. The lowest BCUT2D eigenvalue weighted by Gasteiger charge is -2.17. The van der Waals surface area contributed by atoms with Gasteiger partial charge in [-0.15, -0.1) is 0 Å². The Labute approximate surface area is 274 Å². The predicted octanol–water partition coefficient (Wildman–Crippen LogP) is 10.9. The monoisotopic (exact) mass is 704 g/mol. The second-order valence-corrected chi connectivity index (χ2v) is 15.1. The number of pyridine rings is 2. The smallest absolute Gasteiger partial charge is 0.211 e. The molecule has 2 aliphatic carbocycles. The molecule has 42 heavy (non-hydrogen) atoms. The average Bonchev–Trinajstić information content (AvgIpc) is 3.44. The first kappa shape index (κ1) is 33.7. The van der Waals surface area contributed by atoms with E-state index in [2.05, 4.69) is 101 Å². The molecule has 4 nitrogen and oxygen atoms in total. The van der Waals surface area contributed by atoms with Crippen molar-refractivity contribution in [1.29, 1.82) is 0 Å². The minimum atomic E-state index is 0.397. The third kappa shape index (κ3) is 12.8. The Morgan fingerprint density at radius 3 is 1.14 bits per heavy atom. The highest BCUT2D eigenvalue weighted by Crippen LogP contribution is 2.24. The van der Waals surface area contributed by atoms with Gasteiger partial charge in [-0.2, -0.15) is 9.13 Å². The number of unbranched alkanes of at least 4 members (excludes halogenated alkanes) is 7. The molecule has 234 valence electrons. The number of halogens is 2. The summed E-state index contributed by atoms with van der Waals surface area (Å²) in [5, 5.41) is 7.53. The molecule has 2 aliphatic rings. The second-order valence-electron chi connectivity index (χ2n) is 13.0. The highest BCUT2D eigenvalue weighted by Gasteiger charge is 2.17. The van der Waals surface area contributed by atoms with Crippen LogP contribution in [0.1, 0.15) is 151 Å². The van der Waals surface area contributed by atoms with Crippen LogP contribution in [0.25, 0.3) is 0 Å². The van der Waals surface area contributed by atoms with Gasteiger partial charge in [-0.1, -0.05) is 89.9 Å². The maximum Gasteiger partial charge on any atom is 0.211 e. The van der Waals surface area contributed by atoms with Crippen molar-refractivity contribution in [2.24, 2.45) is 0 Å². The Morgan fingerprint density at radius 2 is 0.810 bits per heavy atom. The van der Waals surface area contributed by atoms with E-state index in [-0.39, 0.29) is 0 Å². The molecule has 2 heterocycles. The van der Waals surface area contributed by atoms with Gasteiger partial charge in [-0.25, -0.2) is 0 Å². The fourth-order valence-corrected chi connectivity index (χ4v) is 7.94. The largest absolute Gasteiger partial charge is 0.382 e. The highest BCUT2D eigenvalue weighted by atomic mass is 79.9. The van der Waals surface area contributed by atoms with E-state index in [4.69, 9.17) is 0 Å². The molecule has 6 heteroatoms. The fraction of sp³-hybridized carbons (Fsp3) is 0.722. The molecule has 2 atom stereocenters. The number of aromatic nitrogens is 2. The Kier molecular flexibility index (Phi) is 16.1. The van der Waals surface area contributed by atoms with Crippen LogP contribution in [0.4, 0.5) is 11.4 Å². The Hall–Kier alpha value is -1.14. The van der Waals surface area contributed by atoms with E-state index in [1.165, 1.54) is 153 Å². The van der Waals surface area contributed by atoms with Crippen molar-refractivity contribution in [3.05, 3.63) is 49.1 Å². The summed E-state index contributed by atoms with van der Waals surface area (Å²) in [7, 11) is 0. The van der Waals surface area contributed by atoms with Gasteiger partial charge in [-0.3, -0.25) is 0 Å². The van der Waals surface area contributed by atoms with Crippen molar-refractivity contribution < 1.29 is 9.13 Å². The van der Waals surface area contributed by atoms with Crippen LogP contribution >= 0.6 is 31.9 Å². The van der Waals surface area contributed by atoms with E-state index in [1.54, 1.807) is 0 Å². The van der Waals surface area contributed by atoms with Crippen molar-refractivity contribution in [1.82, 2.24) is 0 Å². The molecule has 0 bridgehead atoms. The van der Waals surface area contributed by atoms with Gasteiger partial charge in [0.1, 0.15) is 0 Å². The van der Waals surface area contributed by atoms with Crippen molar-refractivity contribution in [3.63, 3.8) is 0 Å². The first-order valence-electron chi connectivity index (χ1n) is 17.5. The lowest BCUT2D eigenvalue weighted by atomic mass is 10.1. The van der Waals surface area contributed by atoms with Gasteiger partial charge in [0.2, 0.25) is 9.90 Å². The van der Waals surface area contributed by atoms with Crippen molar-refractivity contribution in [2.45, 2.75) is 163 Å². The minimum Gasteiger partial charge on any atom is -0.382 e. The Balaban J connectivity index is 0.986. The van der Waals surface area contributed by atoms with Crippen molar-refractivity contribution >= 4 is 43.2 Å². The van der Waals surface area contributed by atoms with E-state index in [1.807, 2.05) is 0 Å². The SMILES string of the molecule is BrC(CCCCCCCCCCC(Br)[n+]1ccc(NC2CCCCCC2)cc1)[n+]1ccc(NC2CCCCCC2)cc1. The standard InChI is InChI=1S/C36H56Br2N4/c37-35(41-27-23-33(24-28-41)39-31-17-11-7-8-12-18-31)21-15-5-3-1-2-4-6-16-22-36(38)42-29-25-34(26-30-42)40-32-19-13-9-10-14-20-32/h23-32,35-36H,1-22H2/p+2. The van der Waals surface area contributed by atoms with Crippen molar-refractivity contribution in [2.75, 3.05) is 10.6 Å². The number of rotatable bonds is 17. The van der Waals surface area contributed by atoms with Gasteiger partial charge < -0.3 is 10.6 Å². The number of hydrogen-bond donors (Lipinski definition) is 2. The lowest BCUT2D eigenvalue weighted by Crippen LogP contribution is -2.35. The summed E-state index contributed by atoms with van der Waals surface area (Å²) in [5.41, 5.74) is 2.55. The van der Waals surface area contributed by atoms with Gasteiger partial charge in [0, 0.05) is 60.6 Å². The van der Waals surface area contributed by atoms with E-state index in [9.17, 15) is 0 Å². The third-order valence-corrected chi connectivity index (χ3v) is 11.3. The quantitative estimate of drug-likeness (QED) is 0.0743. The third-order valence-electron chi connectivity index (χ3n) is 9.44. The zero-order valence-electron chi connectivity index (χ0n) is 26.1. The molecule has 2 aromatic heterocycles. The van der Waals surface area contributed by atoms with Gasteiger partial charge in [0.05, 0.1) is 0 Å². The van der Waals surface area contributed by atoms with E-state index >= 15 is 0 Å². The predicted molar refractivity (Wildman–Crippen MR) is 186 cm³/mol. The normalized spacial score (nSPS) is 18.6.